The zero-order valence-electron chi connectivity index (χ0n) is 7.99. The summed E-state index contributed by atoms with van der Waals surface area (Å²) in [4.78, 5) is 11.3. The smallest absolute Gasteiger partial charge is 0.220 e. The number of carbonyl (C=O) groups is 1. The van der Waals surface area contributed by atoms with Gasteiger partial charge in [0.1, 0.15) is 0 Å². The van der Waals surface area contributed by atoms with E-state index in [2.05, 4.69) is 17.5 Å². The number of nitrogens with one attached hydrogen (secondary N) is 1. The van der Waals surface area contributed by atoms with Crippen molar-refractivity contribution in [1.29, 1.82) is 0 Å². The lowest BCUT2D eigenvalue weighted by Gasteiger charge is -2.12. The van der Waals surface area contributed by atoms with Gasteiger partial charge in [0.15, 0.2) is 0 Å². The second kappa shape index (κ2) is 5.02. The lowest BCUT2D eigenvalue weighted by Crippen LogP contribution is -2.33. The molecule has 0 aromatic rings. The van der Waals surface area contributed by atoms with Crippen molar-refractivity contribution in [2.45, 2.75) is 44.8 Å². The fourth-order valence-electron chi connectivity index (χ4n) is 1.37. The molecule has 0 radical (unpaired) electrons. The SMILES string of the molecule is CC(O)CCC(=O)NC1CC=CC1. The van der Waals surface area contributed by atoms with Crippen molar-refractivity contribution in [3.05, 3.63) is 12.2 Å². The highest BCUT2D eigenvalue weighted by molar-refractivity contribution is 5.76. The highest BCUT2D eigenvalue weighted by Crippen LogP contribution is 2.09. The van der Waals surface area contributed by atoms with Crippen LogP contribution in [0.3, 0.4) is 0 Å². The Morgan fingerprint density at radius 2 is 2.23 bits per heavy atom. The number of carbonyl (C=O) groups excluding carboxylic acids is 1. The summed E-state index contributed by atoms with van der Waals surface area (Å²) in [6, 6.07) is 0.293. The topological polar surface area (TPSA) is 49.3 Å². The van der Waals surface area contributed by atoms with Crippen molar-refractivity contribution < 1.29 is 9.90 Å². The largest absolute Gasteiger partial charge is 0.393 e. The zero-order valence-corrected chi connectivity index (χ0v) is 7.99. The Morgan fingerprint density at radius 3 is 2.77 bits per heavy atom. The average molecular weight is 183 g/mol. The van der Waals surface area contributed by atoms with E-state index in [9.17, 15) is 4.79 Å². The van der Waals surface area contributed by atoms with Crippen molar-refractivity contribution in [1.82, 2.24) is 5.32 Å². The summed E-state index contributed by atoms with van der Waals surface area (Å²) < 4.78 is 0. The highest BCUT2D eigenvalue weighted by atomic mass is 16.3. The Kier molecular flexibility index (Phi) is 3.96. The molecule has 2 N–H and O–H groups in total. The lowest BCUT2D eigenvalue weighted by molar-refractivity contribution is -0.122. The molecule has 74 valence electrons. The van der Waals surface area contributed by atoms with Crippen LogP contribution in [0.2, 0.25) is 0 Å². The van der Waals surface area contributed by atoms with Crippen LogP contribution in [-0.4, -0.2) is 23.2 Å². The van der Waals surface area contributed by atoms with E-state index in [0.29, 0.717) is 18.9 Å². The molecule has 3 nitrogen and oxygen atoms in total. The van der Waals surface area contributed by atoms with Crippen LogP contribution in [0.5, 0.6) is 0 Å². The van der Waals surface area contributed by atoms with Gasteiger partial charge in [0.05, 0.1) is 6.10 Å². The molecule has 1 unspecified atom stereocenters. The standard InChI is InChI=1S/C10H17NO2/c1-8(12)6-7-10(13)11-9-4-2-3-5-9/h2-3,8-9,12H,4-7H2,1H3,(H,11,13). The Bertz CT molecular complexity index is 191. The number of hydrogen-bond acceptors (Lipinski definition) is 2. The van der Waals surface area contributed by atoms with Crippen LogP contribution >= 0.6 is 0 Å². The second-order valence-electron chi connectivity index (χ2n) is 3.59. The normalized spacial score (nSPS) is 18.9. The van der Waals surface area contributed by atoms with Gasteiger partial charge in [-0.05, 0) is 26.2 Å². The Balaban J connectivity index is 2.10. The summed E-state index contributed by atoms with van der Waals surface area (Å²) in [7, 11) is 0. The minimum Gasteiger partial charge on any atom is -0.393 e. The van der Waals surface area contributed by atoms with E-state index in [4.69, 9.17) is 5.11 Å². The summed E-state index contributed by atoms with van der Waals surface area (Å²) in [5.74, 6) is 0.0506. The van der Waals surface area contributed by atoms with Crippen LogP contribution in [-0.2, 0) is 4.79 Å². The molecule has 1 amide bonds. The zero-order chi connectivity index (χ0) is 9.68. The highest BCUT2D eigenvalue weighted by Gasteiger charge is 2.12. The van der Waals surface area contributed by atoms with Gasteiger partial charge in [-0.2, -0.15) is 0 Å². The lowest BCUT2D eigenvalue weighted by atomic mass is 10.2. The van der Waals surface area contributed by atoms with E-state index in [0.717, 1.165) is 12.8 Å². The molecule has 1 rings (SSSR count). The summed E-state index contributed by atoms with van der Waals surface area (Å²) in [5.41, 5.74) is 0. The quantitative estimate of drug-likeness (QED) is 0.638. The summed E-state index contributed by atoms with van der Waals surface area (Å²) in [6.07, 6.45) is 6.65. The molecule has 0 heterocycles. The number of amides is 1. The van der Waals surface area contributed by atoms with Crippen molar-refractivity contribution >= 4 is 5.91 Å². The van der Waals surface area contributed by atoms with Crippen LogP contribution in [0.15, 0.2) is 12.2 Å². The molecule has 13 heavy (non-hydrogen) atoms. The van der Waals surface area contributed by atoms with Crippen molar-refractivity contribution in [3.63, 3.8) is 0 Å². The van der Waals surface area contributed by atoms with Crippen molar-refractivity contribution in [2.24, 2.45) is 0 Å². The third-order valence-electron chi connectivity index (χ3n) is 2.16. The molecular formula is C10H17NO2. The van der Waals surface area contributed by atoms with Crippen LogP contribution in [0.1, 0.15) is 32.6 Å². The van der Waals surface area contributed by atoms with Crippen LogP contribution in [0, 0.1) is 0 Å². The molecule has 0 fully saturated rings. The molecule has 0 saturated carbocycles. The van der Waals surface area contributed by atoms with Crippen LogP contribution in [0.4, 0.5) is 0 Å². The summed E-state index contributed by atoms with van der Waals surface area (Å²) in [6.45, 7) is 1.70. The van der Waals surface area contributed by atoms with Gasteiger partial charge in [0.2, 0.25) is 5.91 Å². The van der Waals surface area contributed by atoms with E-state index < -0.39 is 0 Å². The number of rotatable bonds is 4. The number of hydrogen-bond donors (Lipinski definition) is 2. The van der Waals surface area contributed by atoms with E-state index in [1.54, 1.807) is 6.92 Å². The molecule has 0 bridgehead atoms. The first-order valence-electron chi connectivity index (χ1n) is 4.81. The molecule has 1 aliphatic carbocycles. The molecular weight excluding hydrogens is 166 g/mol. The number of aliphatic hydroxyl groups is 1. The molecule has 0 aliphatic heterocycles. The number of aliphatic hydroxyl groups excluding tert-OH is 1. The minimum atomic E-state index is -0.382. The van der Waals surface area contributed by atoms with Gasteiger partial charge in [0, 0.05) is 12.5 Å². The van der Waals surface area contributed by atoms with Gasteiger partial charge in [-0.3, -0.25) is 4.79 Å². The maximum absolute atomic E-state index is 11.3. The van der Waals surface area contributed by atoms with Gasteiger partial charge >= 0.3 is 0 Å². The van der Waals surface area contributed by atoms with Crippen molar-refractivity contribution in [3.8, 4) is 0 Å². The third-order valence-corrected chi connectivity index (χ3v) is 2.16. The monoisotopic (exact) mass is 183 g/mol. The van der Waals surface area contributed by atoms with E-state index in [1.807, 2.05) is 0 Å². The molecule has 0 spiro atoms. The molecule has 1 aliphatic rings. The Morgan fingerprint density at radius 1 is 1.62 bits per heavy atom. The van der Waals surface area contributed by atoms with Gasteiger partial charge in [0.25, 0.3) is 0 Å². The molecule has 3 heteroatoms. The van der Waals surface area contributed by atoms with Gasteiger partial charge in [-0.15, -0.1) is 0 Å². The third kappa shape index (κ3) is 4.08. The summed E-state index contributed by atoms with van der Waals surface area (Å²) >= 11 is 0. The first-order valence-corrected chi connectivity index (χ1v) is 4.81. The van der Waals surface area contributed by atoms with E-state index in [1.165, 1.54) is 0 Å². The predicted octanol–water partition coefficient (Wildman–Crippen LogP) is 0.982. The Labute approximate surface area is 78.8 Å². The fraction of sp³-hybridized carbons (Fsp3) is 0.700. The summed E-state index contributed by atoms with van der Waals surface area (Å²) in [5, 5.41) is 11.9. The maximum atomic E-state index is 11.3. The van der Waals surface area contributed by atoms with Crippen LogP contribution in [0.25, 0.3) is 0 Å². The second-order valence-corrected chi connectivity index (χ2v) is 3.59. The molecule has 0 saturated heterocycles. The van der Waals surface area contributed by atoms with E-state index >= 15 is 0 Å². The van der Waals surface area contributed by atoms with Gasteiger partial charge in [-0.1, -0.05) is 12.2 Å². The molecule has 0 aromatic carbocycles. The first-order chi connectivity index (χ1) is 6.18. The minimum absolute atomic E-state index is 0.0506. The fourth-order valence-corrected chi connectivity index (χ4v) is 1.37. The molecule has 0 aromatic heterocycles. The maximum Gasteiger partial charge on any atom is 0.220 e. The average Bonchev–Trinajstić information content (AvgIpc) is 2.53. The van der Waals surface area contributed by atoms with E-state index in [-0.39, 0.29) is 12.0 Å². The van der Waals surface area contributed by atoms with Crippen LogP contribution < -0.4 is 5.32 Å². The predicted molar refractivity (Wildman–Crippen MR) is 51.2 cm³/mol. The van der Waals surface area contributed by atoms with Crippen molar-refractivity contribution in [2.75, 3.05) is 0 Å². The first kappa shape index (κ1) is 10.3. The van der Waals surface area contributed by atoms with Gasteiger partial charge in [-0.25, -0.2) is 0 Å². The molecule has 1 atom stereocenters. The Hall–Kier alpha value is -0.830. The van der Waals surface area contributed by atoms with Gasteiger partial charge < -0.3 is 10.4 Å².